The van der Waals surface area contributed by atoms with Gasteiger partial charge in [-0.25, -0.2) is 18.1 Å². The van der Waals surface area contributed by atoms with Gasteiger partial charge in [-0.15, -0.1) is 34.8 Å². The van der Waals surface area contributed by atoms with Crippen LogP contribution in [0.3, 0.4) is 0 Å². The summed E-state index contributed by atoms with van der Waals surface area (Å²) in [7, 11) is -3.72. The van der Waals surface area contributed by atoms with Crippen molar-refractivity contribution >= 4 is 61.8 Å². The van der Waals surface area contributed by atoms with E-state index in [1.54, 1.807) is 12.1 Å². The molecule has 0 amide bonds. The van der Waals surface area contributed by atoms with Gasteiger partial charge >= 0.3 is 0 Å². The Kier molecular flexibility index (Phi) is 8.04. The Bertz CT molecular complexity index is 1180. The highest BCUT2D eigenvalue weighted by atomic mass is 35.5. The van der Waals surface area contributed by atoms with Gasteiger partial charge in [-0.3, -0.25) is 4.90 Å². The topological polar surface area (TPSA) is 81.3 Å². The third-order valence-corrected chi connectivity index (χ3v) is 8.28. The largest absolute Gasteiger partial charge is 0.340 e. The quantitative estimate of drug-likeness (QED) is 0.410. The second kappa shape index (κ2) is 10.8. The number of alkyl halides is 3. The molecule has 11 heteroatoms. The van der Waals surface area contributed by atoms with Gasteiger partial charge in [0.1, 0.15) is 0 Å². The maximum Gasteiger partial charge on any atom is 0.240 e. The van der Waals surface area contributed by atoms with E-state index in [9.17, 15) is 8.42 Å². The van der Waals surface area contributed by atoms with E-state index < -0.39 is 10.0 Å². The van der Waals surface area contributed by atoms with Gasteiger partial charge < -0.3 is 9.88 Å². The average molecular weight is 531 g/mol. The molecule has 178 valence electrons. The van der Waals surface area contributed by atoms with Gasteiger partial charge in [0, 0.05) is 56.9 Å². The van der Waals surface area contributed by atoms with Crippen LogP contribution in [-0.2, 0) is 27.7 Å². The Morgan fingerprint density at radius 2 is 1.61 bits per heavy atom. The Labute approximate surface area is 209 Å². The van der Waals surface area contributed by atoms with E-state index in [0.29, 0.717) is 24.2 Å². The molecule has 2 aromatic carbocycles. The van der Waals surface area contributed by atoms with Crippen LogP contribution in [0, 0.1) is 0 Å². The van der Waals surface area contributed by atoms with Crippen molar-refractivity contribution in [2.75, 3.05) is 44.2 Å². The lowest BCUT2D eigenvalue weighted by Gasteiger charge is -2.34. The average Bonchev–Trinajstić information content (AvgIpc) is 3.27. The van der Waals surface area contributed by atoms with Gasteiger partial charge in [0.2, 0.25) is 16.0 Å². The van der Waals surface area contributed by atoms with Gasteiger partial charge in [0.15, 0.2) is 0 Å². The van der Waals surface area contributed by atoms with Crippen molar-refractivity contribution < 1.29 is 8.42 Å². The van der Waals surface area contributed by atoms with E-state index in [2.05, 4.69) is 24.5 Å². The monoisotopic (exact) mass is 529 g/mol. The number of hydrogen-bond donors (Lipinski definition) is 2. The SMILES string of the molecule is O=S(=O)(NCCN1CCN(c2nc3ccccc3[nH]2)CC1)c1cc(CCl)c(CCl)cc1CCl. The second-order valence-electron chi connectivity index (χ2n) is 7.93. The van der Waals surface area contributed by atoms with Gasteiger partial charge in [-0.05, 0) is 34.9 Å². The lowest BCUT2D eigenvalue weighted by Crippen LogP contribution is -2.48. The van der Waals surface area contributed by atoms with Crippen molar-refractivity contribution in [3.05, 3.63) is 53.1 Å². The predicted molar refractivity (Wildman–Crippen MR) is 135 cm³/mol. The maximum atomic E-state index is 13.0. The molecule has 1 aromatic heterocycles. The molecule has 1 aliphatic heterocycles. The number of hydrogen-bond acceptors (Lipinski definition) is 5. The van der Waals surface area contributed by atoms with E-state index in [1.165, 1.54) is 0 Å². The van der Waals surface area contributed by atoms with Crippen LogP contribution in [0.1, 0.15) is 16.7 Å². The molecule has 3 aromatic rings. The number of benzene rings is 2. The van der Waals surface area contributed by atoms with Crippen LogP contribution in [0.5, 0.6) is 0 Å². The minimum Gasteiger partial charge on any atom is -0.340 e. The summed E-state index contributed by atoms with van der Waals surface area (Å²) in [6.45, 7) is 4.22. The number of imidazole rings is 1. The Morgan fingerprint density at radius 1 is 0.939 bits per heavy atom. The Hall–Kier alpha value is -1.55. The number of sulfonamides is 1. The molecule has 0 radical (unpaired) electrons. The Balaban J connectivity index is 1.33. The number of aromatic amines is 1. The third kappa shape index (κ3) is 5.58. The normalized spacial score (nSPS) is 15.4. The van der Waals surface area contributed by atoms with Crippen LogP contribution in [-0.4, -0.2) is 62.6 Å². The number of anilines is 1. The van der Waals surface area contributed by atoms with E-state index in [-0.39, 0.29) is 22.5 Å². The molecule has 0 spiro atoms. The number of fused-ring (bicyclic) bond motifs is 1. The summed E-state index contributed by atoms with van der Waals surface area (Å²) in [5, 5.41) is 0. The number of H-pyrrole nitrogens is 1. The first kappa shape index (κ1) is 24.6. The van der Waals surface area contributed by atoms with Gasteiger partial charge in [0.25, 0.3) is 0 Å². The van der Waals surface area contributed by atoms with Gasteiger partial charge in [-0.1, -0.05) is 18.2 Å². The zero-order valence-corrected chi connectivity index (χ0v) is 21.1. The van der Waals surface area contributed by atoms with Gasteiger partial charge in [0.05, 0.1) is 15.9 Å². The van der Waals surface area contributed by atoms with Crippen molar-refractivity contribution in [2.24, 2.45) is 0 Å². The first-order valence-electron chi connectivity index (χ1n) is 10.7. The van der Waals surface area contributed by atoms with Crippen molar-refractivity contribution in [3.8, 4) is 0 Å². The number of nitrogens with one attached hydrogen (secondary N) is 2. The molecule has 1 saturated heterocycles. The van der Waals surface area contributed by atoms with Crippen LogP contribution in [0.2, 0.25) is 0 Å². The van der Waals surface area contributed by atoms with Gasteiger partial charge in [-0.2, -0.15) is 0 Å². The number of para-hydroxylation sites is 2. The molecule has 2 heterocycles. The van der Waals surface area contributed by atoms with Crippen molar-refractivity contribution in [1.29, 1.82) is 0 Å². The second-order valence-corrected chi connectivity index (χ2v) is 10.5. The van der Waals surface area contributed by atoms with Crippen LogP contribution in [0.25, 0.3) is 11.0 Å². The van der Waals surface area contributed by atoms with E-state index in [1.807, 2.05) is 24.3 Å². The molecular formula is C22H26Cl3N5O2S. The first-order chi connectivity index (χ1) is 15.9. The molecule has 33 heavy (non-hydrogen) atoms. The molecule has 0 saturated carbocycles. The number of nitrogens with zero attached hydrogens (tertiary/aromatic N) is 3. The summed E-state index contributed by atoms with van der Waals surface area (Å²) >= 11 is 18.0. The summed E-state index contributed by atoms with van der Waals surface area (Å²) in [5.41, 5.74) is 3.99. The number of aromatic nitrogens is 2. The maximum absolute atomic E-state index is 13.0. The van der Waals surface area contributed by atoms with Crippen molar-refractivity contribution in [2.45, 2.75) is 22.5 Å². The summed E-state index contributed by atoms with van der Waals surface area (Å²) in [5.74, 6) is 1.38. The molecule has 0 aliphatic carbocycles. The standard InChI is InChI=1S/C22H26Cl3N5O2S/c23-13-16-11-18(15-25)21(12-17(16)14-24)33(31,32)26-5-6-29-7-9-30(10-8-29)22-27-19-3-1-2-4-20(19)28-22/h1-4,11-12,26H,5-10,13-15H2,(H,27,28). The van der Waals surface area contributed by atoms with Crippen LogP contribution in [0.15, 0.2) is 41.3 Å². The first-order valence-corrected chi connectivity index (χ1v) is 13.8. The fourth-order valence-electron chi connectivity index (χ4n) is 4.01. The summed E-state index contributed by atoms with van der Waals surface area (Å²) in [6, 6.07) is 11.3. The lowest BCUT2D eigenvalue weighted by molar-refractivity contribution is 0.261. The fourth-order valence-corrected chi connectivity index (χ4v) is 6.10. The molecule has 1 aliphatic rings. The molecule has 0 unspecified atom stereocenters. The fraction of sp³-hybridized carbons (Fsp3) is 0.409. The molecule has 0 bridgehead atoms. The third-order valence-electron chi connectivity index (χ3n) is 5.87. The number of halogens is 3. The molecule has 2 N–H and O–H groups in total. The van der Waals surface area contributed by atoms with E-state index >= 15 is 0 Å². The molecule has 1 fully saturated rings. The summed E-state index contributed by atoms with van der Waals surface area (Å²) in [6.07, 6.45) is 0. The molecular weight excluding hydrogens is 505 g/mol. The van der Waals surface area contributed by atoms with Crippen LogP contribution < -0.4 is 9.62 Å². The van der Waals surface area contributed by atoms with E-state index in [4.69, 9.17) is 34.8 Å². The molecule has 0 atom stereocenters. The highest BCUT2D eigenvalue weighted by molar-refractivity contribution is 7.89. The highest BCUT2D eigenvalue weighted by Gasteiger charge is 2.22. The minimum atomic E-state index is -3.72. The predicted octanol–water partition coefficient (Wildman–Crippen LogP) is 3.88. The van der Waals surface area contributed by atoms with Crippen LogP contribution >= 0.6 is 34.8 Å². The van der Waals surface area contributed by atoms with Crippen LogP contribution in [0.4, 0.5) is 5.95 Å². The molecule has 7 nitrogen and oxygen atoms in total. The number of piperazine rings is 1. The smallest absolute Gasteiger partial charge is 0.240 e. The minimum absolute atomic E-state index is 0.0758. The zero-order valence-electron chi connectivity index (χ0n) is 18.0. The summed E-state index contributed by atoms with van der Waals surface area (Å²) in [4.78, 5) is 12.7. The van der Waals surface area contributed by atoms with Crippen molar-refractivity contribution in [1.82, 2.24) is 19.6 Å². The zero-order chi connectivity index (χ0) is 23.4. The van der Waals surface area contributed by atoms with Crippen molar-refractivity contribution in [3.63, 3.8) is 0 Å². The van der Waals surface area contributed by atoms with E-state index in [0.717, 1.165) is 48.7 Å². The Morgan fingerprint density at radius 3 is 2.27 bits per heavy atom. The highest BCUT2D eigenvalue weighted by Crippen LogP contribution is 2.25. The number of rotatable bonds is 9. The lowest BCUT2D eigenvalue weighted by atomic mass is 10.1. The summed E-state index contributed by atoms with van der Waals surface area (Å²) < 4.78 is 28.6. The molecule has 4 rings (SSSR count).